The highest BCUT2D eigenvalue weighted by Gasteiger charge is 2.12. The Hall–Kier alpha value is -1.93. The molecule has 0 heterocycles. The summed E-state index contributed by atoms with van der Waals surface area (Å²) in [5.74, 6) is -2.02. The van der Waals surface area contributed by atoms with E-state index in [-0.39, 0.29) is 10.5 Å². The zero-order chi connectivity index (χ0) is 13.8. The van der Waals surface area contributed by atoms with Crippen LogP contribution < -0.4 is 15.1 Å². The molecular formula is C10H11N2O5S-. The molecule has 0 saturated heterocycles. The molecule has 7 nitrogen and oxygen atoms in total. The summed E-state index contributed by atoms with van der Waals surface area (Å²) in [6, 6.07) is 5.07. The van der Waals surface area contributed by atoms with Crippen molar-refractivity contribution in [2.75, 3.05) is 13.6 Å². The first-order valence-corrected chi connectivity index (χ1v) is 6.37. The van der Waals surface area contributed by atoms with Crippen molar-refractivity contribution < 1.29 is 23.1 Å². The SMILES string of the molecule is CNS(=O)(=O)c1ccc(C(=O)NCC(=O)[O-])cc1. The van der Waals surface area contributed by atoms with Crippen LogP contribution in [0, 0.1) is 0 Å². The summed E-state index contributed by atoms with van der Waals surface area (Å²) in [4.78, 5) is 21.6. The van der Waals surface area contributed by atoms with Crippen LogP contribution in [-0.2, 0) is 14.8 Å². The number of sulfonamides is 1. The van der Waals surface area contributed by atoms with Gasteiger partial charge in [-0.05, 0) is 31.3 Å². The number of rotatable bonds is 5. The van der Waals surface area contributed by atoms with Crippen LogP contribution in [0.4, 0.5) is 0 Å². The topological polar surface area (TPSA) is 115 Å². The summed E-state index contributed by atoms with van der Waals surface area (Å²) >= 11 is 0. The Kier molecular flexibility index (Phi) is 4.40. The molecule has 0 unspecified atom stereocenters. The van der Waals surface area contributed by atoms with Gasteiger partial charge in [0.2, 0.25) is 10.0 Å². The van der Waals surface area contributed by atoms with E-state index < -0.39 is 28.4 Å². The van der Waals surface area contributed by atoms with Crippen molar-refractivity contribution >= 4 is 21.9 Å². The van der Waals surface area contributed by atoms with E-state index in [4.69, 9.17) is 0 Å². The molecule has 0 fully saturated rings. The number of nitrogens with one attached hydrogen (secondary N) is 2. The summed E-state index contributed by atoms with van der Waals surface area (Å²) in [5.41, 5.74) is 0.159. The Labute approximate surface area is 104 Å². The average Bonchev–Trinajstić information content (AvgIpc) is 2.36. The second-order valence-corrected chi connectivity index (χ2v) is 5.17. The molecule has 0 aromatic heterocycles. The Morgan fingerprint density at radius 1 is 1.22 bits per heavy atom. The first kappa shape index (κ1) is 14.1. The number of carboxylic acids is 1. The predicted octanol–water partition coefficient (Wildman–Crippen LogP) is -1.93. The summed E-state index contributed by atoms with van der Waals surface area (Å²) in [7, 11) is -2.28. The number of aliphatic carboxylic acids is 1. The lowest BCUT2D eigenvalue weighted by Gasteiger charge is -2.06. The second kappa shape index (κ2) is 5.61. The van der Waals surface area contributed by atoms with Crippen LogP contribution in [0.25, 0.3) is 0 Å². The van der Waals surface area contributed by atoms with Crippen molar-refractivity contribution in [3.05, 3.63) is 29.8 Å². The van der Waals surface area contributed by atoms with Gasteiger partial charge in [0.25, 0.3) is 5.91 Å². The van der Waals surface area contributed by atoms with Gasteiger partial charge in [0.15, 0.2) is 0 Å². The number of carbonyl (C=O) groups is 2. The van der Waals surface area contributed by atoms with Crippen molar-refractivity contribution in [2.24, 2.45) is 0 Å². The fraction of sp³-hybridized carbons (Fsp3) is 0.200. The Morgan fingerprint density at radius 2 is 1.78 bits per heavy atom. The molecule has 0 spiro atoms. The van der Waals surface area contributed by atoms with Gasteiger partial charge < -0.3 is 15.2 Å². The smallest absolute Gasteiger partial charge is 0.251 e. The maximum atomic E-state index is 11.4. The first-order valence-electron chi connectivity index (χ1n) is 4.88. The van der Waals surface area contributed by atoms with Gasteiger partial charge in [-0.3, -0.25) is 4.79 Å². The summed E-state index contributed by atoms with van der Waals surface area (Å²) < 4.78 is 24.9. The third kappa shape index (κ3) is 3.54. The van der Waals surface area contributed by atoms with E-state index in [1.807, 2.05) is 0 Å². The van der Waals surface area contributed by atoms with Crippen molar-refractivity contribution in [3.8, 4) is 0 Å². The number of amides is 1. The summed E-state index contributed by atoms with van der Waals surface area (Å²) in [6.07, 6.45) is 0. The van der Waals surface area contributed by atoms with Crippen LogP contribution in [-0.4, -0.2) is 33.9 Å². The molecule has 18 heavy (non-hydrogen) atoms. The van der Waals surface area contributed by atoms with Gasteiger partial charge in [0.05, 0.1) is 17.4 Å². The van der Waals surface area contributed by atoms with Crippen LogP contribution in [0.2, 0.25) is 0 Å². The highest BCUT2D eigenvalue weighted by molar-refractivity contribution is 7.89. The molecule has 8 heteroatoms. The van der Waals surface area contributed by atoms with Gasteiger partial charge in [-0.2, -0.15) is 0 Å². The van der Waals surface area contributed by atoms with E-state index in [9.17, 15) is 23.1 Å². The summed E-state index contributed by atoms with van der Waals surface area (Å²) in [5, 5.41) is 12.3. The Morgan fingerprint density at radius 3 is 2.22 bits per heavy atom. The lowest BCUT2D eigenvalue weighted by Crippen LogP contribution is -2.37. The van der Waals surface area contributed by atoms with Gasteiger partial charge in [0.1, 0.15) is 0 Å². The number of carbonyl (C=O) groups excluding carboxylic acids is 2. The van der Waals surface area contributed by atoms with Crippen LogP contribution in [0.1, 0.15) is 10.4 Å². The minimum atomic E-state index is -3.55. The molecular weight excluding hydrogens is 260 g/mol. The molecule has 1 aromatic carbocycles. The van der Waals surface area contributed by atoms with Crippen LogP contribution in [0.5, 0.6) is 0 Å². The third-order valence-electron chi connectivity index (χ3n) is 2.09. The van der Waals surface area contributed by atoms with Crippen molar-refractivity contribution in [1.82, 2.24) is 10.0 Å². The second-order valence-electron chi connectivity index (χ2n) is 3.29. The highest BCUT2D eigenvalue weighted by atomic mass is 32.2. The maximum absolute atomic E-state index is 11.4. The maximum Gasteiger partial charge on any atom is 0.251 e. The Bertz CT molecular complexity index is 550. The molecule has 0 saturated carbocycles. The minimum absolute atomic E-state index is 0.0152. The van der Waals surface area contributed by atoms with E-state index in [2.05, 4.69) is 10.0 Å². The number of hydrogen-bond donors (Lipinski definition) is 2. The lowest BCUT2D eigenvalue weighted by atomic mass is 10.2. The molecule has 1 amide bonds. The number of carboxylic acid groups (broad SMARTS) is 1. The predicted molar refractivity (Wildman–Crippen MR) is 60.0 cm³/mol. The molecule has 0 bridgehead atoms. The third-order valence-corrected chi connectivity index (χ3v) is 3.52. The van der Waals surface area contributed by atoms with E-state index in [1.165, 1.54) is 31.3 Å². The molecule has 2 N–H and O–H groups in total. The summed E-state index contributed by atoms with van der Waals surface area (Å²) in [6.45, 7) is -0.602. The lowest BCUT2D eigenvalue weighted by molar-refractivity contribution is -0.303. The van der Waals surface area contributed by atoms with Crippen molar-refractivity contribution in [3.63, 3.8) is 0 Å². The van der Waals surface area contributed by atoms with Crippen LogP contribution >= 0.6 is 0 Å². The van der Waals surface area contributed by atoms with E-state index >= 15 is 0 Å². The van der Waals surface area contributed by atoms with E-state index in [0.717, 1.165) is 0 Å². The van der Waals surface area contributed by atoms with Crippen molar-refractivity contribution in [2.45, 2.75) is 4.90 Å². The van der Waals surface area contributed by atoms with Gasteiger partial charge in [0, 0.05) is 5.56 Å². The van der Waals surface area contributed by atoms with E-state index in [0.29, 0.717) is 0 Å². The fourth-order valence-corrected chi connectivity index (χ4v) is 1.89. The quantitative estimate of drug-likeness (QED) is 0.647. The van der Waals surface area contributed by atoms with Crippen molar-refractivity contribution in [1.29, 1.82) is 0 Å². The van der Waals surface area contributed by atoms with Gasteiger partial charge >= 0.3 is 0 Å². The number of hydrogen-bond acceptors (Lipinski definition) is 5. The van der Waals surface area contributed by atoms with Crippen LogP contribution in [0.15, 0.2) is 29.2 Å². The zero-order valence-corrected chi connectivity index (χ0v) is 10.3. The largest absolute Gasteiger partial charge is 0.548 e. The molecule has 1 rings (SSSR count). The monoisotopic (exact) mass is 271 g/mol. The molecule has 0 atom stereocenters. The zero-order valence-electron chi connectivity index (χ0n) is 9.47. The average molecular weight is 271 g/mol. The minimum Gasteiger partial charge on any atom is -0.548 e. The highest BCUT2D eigenvalue weighted by Crippen LogP contribution is 2.09. The van der Waals surface area contributed by atoms with Gasteiger partial charge in [-0.25, -0.2) is 13.1 Å². The normalized spacial score (nSPS) is 10.9. The molecule has 1 aromatic rings. The first-order chi connectivity index (χ1) is 8.36. The number of benzene rings is 1. The Balaban J connectivity index is 2.83. The molecule has 0 radical (unpaired) electrons. The van der Waals surface area contributed by atoms with E-state index in [1.54, 1.807) is 0 Å². The van der Waals surface area contributed by atoms with Gasteiger partial charge in [-0.1, -0.05) is 0 Å². The molecule has 0 aliphatic carbocycles. The molecule has 98 valence electrons. The molecule has 0 aliphatic rings. The standard InChI is InChI=1S/C10H12N2O5S/c1-11-18(16,17)8-4-2-7(3-5-8)10(15)12-6-9(13)14/h2-5,11H,6H2,1H3,(H,12,15)(H,13,14)/p-1. The fourth-order valence-electron chi connectivity index (χ4n) is 1.16. The molecule has 0 aliphatic heterocycles. The van der Waals surface area contributed by atoms with Gasteiger partial charge in [-0.15, -0.1) is 0 Å². The van der Waals surface area contributed by atoms with Crippen LogP contribution in [0.3, 0.4) is 0 Å².